The van der Waals surface area contributed by atoms with E-state index in [1.54, 1.807) is 0 Å². The maximum atomic E-state index is 6.17. The number of hydrogen-bond donors (Lipinski definition) is 0. The van der Waals surface area contributed by atoms with Crippen molar-refractivity contribution in [2.24, 2.45) is 10.1 Å². The van der Waals surface area contributed by atoms with Gasteiger partial charge in [0.15, 0.2) is 0 Å². The van der Waals surface area contributed by atoms with Gasteiger partial charge in [0.05, 0.1) is 11.7 Å². The van der Waals surface area contributed by atoms with E-state index in [0.29, 0.717) is 0 Å². The normalized spacial score (nSPS) is 21.8. The maximum Gasteiger partial charge on any atom is 0.223 e. The van der Waals surface area contributed by atoms with Gasteiger partial charge in [0.2, 0.25) is 5.96 Å². The van der Waals surface area contributed by atoms with Gasteiger partial charge in [-0.3, -0.25) is 0 Å². The Morgan fingerprint density at radius 1 is 1.22 bits per heavy atom. The van der Waals surface area contributed by atoms with Gasteiger partial charge in [-0.05, 0) is 40.0 Å². The molecule has 1 fully saturated rings. The lowest BCUT2D eigenvalue weighted by atomic mass is 10.0. The third-order valence-corrected chi connectivity index (χ3v) is 4.56. The van der Waals surface area contributed by atoms with Crippen LogP contribution in [-0.2, 0) is 0 Å². The summed E-state index contributed by atoms with van der Waals surface area (Å²) < 4.78 is 0. The van der Waals surface area contributed by atoms with Crippen molar-refractivity contribution in [3.63, 3.8) is 0 Å². The molecule has 0 bridgehead atoms. The average molecular weight is 334 g/mol. The molecule has 1 aromatic rings. The number of likely N-dealkylation sites (N-methyl/N-ethyl adjacent to an activating group) is 1. The molecule has 0 saturated carbocycles. The predicted molar refractivity (Wildman–Crippen MR) is 96.7 cm³/mol. The molecule has 1 atom stereocenters. The average Bonchev–Trinajstić information content (AvgIpc) is 2.50. The lowest BCUT2D eigenvalue weighted by molar-refractivity contribution is 0.186. The quantitative estimate of drug-likeness (QED) is 0.739. The third-order valence-electron chi connectivity index (χ3n) is 4.33. The highest BCUT2D eigenvalue weighted by Gasteiger charge is 2.31. The Morgan fingerprint density at radius 3 is 2.57 bits per heavy atom. The molecular formula is C17H24ClN5. The lowest BCUT2D eigenvalue weighted by Gasteiger charge is -2.41. The van der Waals surface area contributed by atoms with Gasteiger partial charge in [-0.1, -0.05) is 17.7 Å². The molecule has 0 N–H and O–H groups in total. The molecule has 23 heavy (non-hydrogen) atoms. The molecule has 124 valence electrons. The van der Waals surface area contributed by atoms with Gasteiger partial charge >= 0.3 is 0 Å². The number of aliphatic imine (C=N–C) groups is 1. The second kappa shape index (κ2) is 6.49. The van der Waals surface area contributed by atoms with Gasteiger partial charge < -0.3 is 9.80 Å². The number of hydrogen-bond acceptors (Lipinski definition) is 5. The van der Waals surface area contributed by atoms with E-state index in [1.807, 2.05) is 26.0 Å². The number of piperazine rings is 1. The van der Waals surface area contributed by atoms with Crippen LogP contribution in [-0.4, -0.2) is 59.7 Å². The highest BCUT2D eigenvalue weighted by atomic mass is 35.5. The fourth-order valence-electron chi connectivity index (χ4n) is 3.00. The largest absolute Gasteiger partial charge is 0.338 e. The zero-order valence-corrected chi connectivity index (χ0v) is 15.0. The SMILES string of the molecule is CC(C)=NN1C(N2CCN(C)CC2)=Nc2cc(Cl)ccc2C1C. The van der Waals surface area contributed by atoms with Crippen LogP contribution in [0.2, 0.25) is 5.02 Å². The van der Waals surface area contributed by atoms with E-state index in [-0.39, 0.29) is 6.04 Å². The number of benzene rings is 1. The van der Waals surface area contributed by atoms with Crippen LogP contribution in [0.5, 0.6) is 0 Å². The summed E-state index contributed by atoms with van der Waals surface area (Å²) in [6, 6.07) is 6.07. The van der Waals surface area contributed by atoms with Crippen LogP contribution in [0.4, 0.5) is 5.69 Å². The molecule has 2 aliphatic rings. The van der Waals surface area contributed by atoms with E-state index in [0.717, 1.165) is 54.1 Å². The standard InChI is InChI=1S/C17H24ClN5/c1-12(2)20-23-13(3)15-6-5-14(18)11-16(15)19-17(23)22-9-7-21(4)8-10-22/h5-6,11,13H,7-10H2,1-4H3. The van der Waals surface area contributed by atoms with Crippen molar-refractivity contribution in [3.8, 4) is 0 Å². The first kappa shape index (κ1) is 16.3. The van der Waals surface area contributed by atoms with Crippen molar-refractivity contribution in [2.45, 2.75) is 26.8 Å². The molecule has 5 nitrogen and oxygen atoms in total. The summed E-state index contributed by atoms with van der Waals surface area (Å²) in [5.74, 6) is 0.932. The fraction of sp³-hybridized carbons (Fsp3) is 0.529. The summed E-state index contributed by atoms with van der Waals surface area (Å²) in [4.78, 5) is 9.56. The Kier molecular flexibility index (Phi) is 4.60. The minimum Gasteiger partial charge on any atom is -0.338 e. The Hall–Kier alpha value is -1.59. The van der Waals surface area contributed by atoms with E-state index in [4.69, 9.17) is 21.7 Å². The molecule has 0 aromatic heterocycles. The van der Waals surface area contributed by atoms with Gasteiger partial charge in [0, 0.05) is 42.5 Å². The second-order valence-corrected chi connectivity index (χ2v) is 6.91. The molecule has 2 aliphatic heterocycles. The van der Waals surface area contributed by atoms with Crippen molar-refractivity contribution >= 4 is 29.0 Å². The molecule has 0 aliphatic carbocycles. The molecule has 6 heteroatoms. The van der Waals surface area contributed by atoms with E-state index >= 15 is 0 Å². The van der Waals surface area contributed by atoms with Crippen molar-refractivity contribution in [3.05, 3.63) is 28.8 Å². The minimum absolute atomic E-state index is 0.143. The highest BCUT2D eigenvalue weighted by molar-refractivity contribution is 6.30. The molecule has 0 spiro atoms. The van der Waals surface area contributed by atoms with E-state index in [9.17, 15) is 0 Å². The number of fused-ring (bicyclic) bond motifs is 1. The van der Waals surface area contributed by atoms with Crippen LogP contribution in [0.3, 0.4) is 0 Å². The van der Waals surface area contributed by atoms with Gasteiger partial charge in [0.1, 0.15) is 0 Å². The molecule has 0 radical (unpaired) electrons. The molecule has 1 unspecified atom stereocenters. The third kappa shape index (κ3) is 3.35. The van der Waals surface area contributed by atoms with Gasteiger partial charge in [0.25, 0.3) is 0 Å². The number of halogens is 1. The van der Waals surface area contributed by atoms with Crippen LogP contribution in [0.25, 0.3) is 0 Å². The predicted octanol–water partition coefficient (Wildman–Crippen LogP) is 3.35. The van der Waals surface area contributed by atoms with E-state index in [2.05, 4.69) is 34.8 Å². The smallest absolute Gasteiger partial charge is 0.223 e. The Labute approximate surface area is 143 Å². The van der Waals surface area contributed by atoms with E-state index < -0.39 is 0 Å². The first-order valence-corrected chi connectivity index (χ1v) is 8.46. The molecular weight excluding hydrogens is 310 g/mol. The van der Waals surface area contributed by atoms with Crippen LogP contribution in [0.15, 0.2) is 28.3 Å². The van der Waals surface area contributed by atoms with Crippen molar-refractivity contribution in [1.82, 2.24) is 14.8 Å². The summed E-state index contributed by atoms with van der Waals surface area (Å²) in [5, 5.41) is 7.52. The summed E-state index contributed by atoms with van der Waals surface area (Å²) in [6.07, 6.45) is 0. The fourth-order valence-corrected chi connectivity index (χ4v) is 3.17. The zero-order valence-electron chi connectivity index (χ0n) is 14.3. The topological polar surface area (TPSA) is 34.4 Å². The number of guanidine groups is 1. The van der Waals surface area contributed by atoms with Crippen LogP contribution in [0, 0.1) is 0 Å². The van der Waals surface area contributed by atoms with Gasteiger partial charge in [-0.15, -0.1) is 0 Å². The monoisotopic (exact) mass is 333 g/mol. The Bertz CT molecular complexity index is 642. The first-order chi connectivity index (χ1) is 11.0. The van der Waals surface area contributed by atoms with Crippen LogP contribution >= 0.6 is 11.6 Å². The van der Waals surface area contributed by atoms with Crippen molar-refractivity contribution < 1.29 is 0 Å². The summed E-state index contributed by atoms with van der Waals surface area (Å²) in [5.41, 5.74) is 3.15. The zero-order chi connectivity index (χ0) is 16.6. The Balaban J connectivity index is 2.02. The summed E-state index contributed by atoms with van der Waals surface area (Å²) in [7, 11) is 2.16. The van der Waals surface area contributed by atoms with Crippen molar-refractivity contribution in [1.29, 1.82) is 0 Å². The summed E-state index contributed by atoms with van der Waals surface area (Å²) >= 11 is 6.17. The van der Waals surface area contributed by atoms with Gasteiger partial charge in [-0.25, -0.2) is 10.0 Å². The number of nitrogens with zero attached hydrogens (tertiary/aromatic N) is 5. The molecule has 3 rings (SSSR count). The van der Waals surface area contributed by atoms with Crippen molar-refractivity contribution in [2.75, 3.05) is 33.2 Å². The van der Waals surface area contributed by atoms with Crippen LogP contribution in [0.1, 0.15) is 32.4 Å². The van der Waals surface area contributed by atoms with Gasteiger partial charge in [-0.2, -0.15) is 5.10 Å². The Morgan fingerprint density at radius 2 is 1.91 bits per heavy atom. The summed E-state index contributed by atoms with van der Waals surface area (Å²) in [6.45, 7) is 10.2. The maximum absolute atomic E-state index is 6.17. The molecule has 1 aromatic carbocycles. The number of rotatable bonds is 1. The van der Waals surface area contributed by atoms with E-state index in [1.165, 1.54) is 0 Å². The number of hydrazone groups is 1. The second-order valence-electron chi connectivity index (χ2n) is 6.47. The lowest BCUT2D eigenvalue weighted by Crippen LogP contribution is -2.52. The minimum atomic E-state index is 0.143. The molecule has 2 heterocycles. The highest BCUT2D eigenvalue weighted by Crippen LogP contribution is 2.37. The van der Waals surface area contributed by atoms with Crippen LogP contribution < -0.4 is 0 Å². The first-order valence-electron chi connectivity index (χ1n) is 8.08. The molecule has 1 saturated heterocycles. The molecule has 0 amide bonds.